The van der Waals surface area contributed by atoms with Gasteiger partial charge >= 0.3 is 162 Å². The summed E-state index contributed by atoms with van der Waals surface area (Å²) >= 11 is 4.19. The van der Waals surface area contributed by atoms with Crippen molar-refractivity contribution in [2.45, 2.75) is 0 Å². The molecule has 0 radical (unpaired) electrons. The van der Waals surface area contributed by atoms with Crippen molar-refractivity contribution < 1.29 is 9.90 Å². The van der Waals surface area contributed by atoms with Crippen LogP contribution in [0.1, 0.15) is 0 Å². The maximum absolute atomic E-state index is 11.7. The topological polar surface area (TPSA) is 37.3 Å². The van der Waals surface area contributed by atoms with E-state index in [1.54, 1.807) is 0 Å². The van der Waals surface area contributed by atoms with E-state index in [2.05, 4.69) is 58.5 Å². The van der Waals surface area contributed by atoms with Crippen LogP contribution in [0.2, 0.25) is 0 Å². The van der Waals surface area contributed by atoms with Crippen molar-refractivity contribution in [3.8, 4) is 0 Å². The van der Waals surface area contributed by atoms with Gasteiger partial charge in [-0.1, -0.05) is 0 Å². The van der Waals surface area contributed by atoms with E-state index in [-0.39, 0.29) is 5.57 Å². The van der Waals surface area contributed by atoms with Gasteiger partial charge in [0.2, 0.25) is 0 Å². The Balaban J connectivity index is 2.43. The molecule has 0 bridgehead atoms. The molecule has 3 rings (SSSR count). The molecule has 0 aliphatic carbocycles. The number of carbonyl (C=O) groups is 1. The van der Waals surface area contributed by atoms with Crippen molar-refractivity contribution in [1.82, 2.24) is 0 Å². The van der Waals surface area contributed by atoms with Crippen molar-refractivity contribution in [2.75, 3.05) is 6.16 Å². The second-order valence-electron chi connectivity index (χ2n) is 6.26. The van der Waals surface area contributed by atoms with Crippen LogP contribution in [0, 0.1) is 0 Å². The van der Waals surface area contributed by atoms with Crippen molar-refractivity contribution in [3.63, 3.8) is 0 Å². The Morgan fingerprint density at radius 3 is 1.35 bits per heavy atom. The molecule has 0 saturated heterocycles. The van der Waals surface area contributed by atoms with Crippen molar-refractivity contribution in [1.29, 1.82) is 0 Å². The maximum atomic E-state index is 11.7. The summed E-state index contributed by atoms with van der Waals surface area (Å²) in [5.74, 6) is -0.971. The number of hydrogen-bond acceptors (Lipinski definition) is 1. The van der Waals surface area contributed by atoms with Crippen LogP contribution in [0.3, 0.4) is 0 Å². The quantitative estimate of drug-likeness (QED) is 0.466. The molecule has 0 aliphatic rings. The second-order valence-corrected chi connectivity index (χ2v) is 15.2. The summed E-state index contributed by atoms with van der Waals surface area (Å²) in [7, 11) is 0. The van der Waals surface area contributed by atoms with Crippen molar-refractivity contribution in [2.24, 2.45) is 0 Å². The predicted octanol–water partition coefficient (Wildman–Crippen LogP) is 4.47. The van der Waals surface area contributed by atoms with Gasteiger partial charge in [-0.05, 0) is 0 Å². The van der Waals surface area contributed by atoms with Crippen LogP contribution in [0.15, 0.2) is 103 Å². The number of hydrogen-bond donors (Lipinski definition) is 1. The molecule has 0 atom stereocenters. The Hall–Kier alpha value is -2.22. The molecule has 1 N–H and O–H groups in total. The van der Waals surface area contributed by atoms with Crippen LogP contribution in [0.25, 0.3) is 0 Å². The van der Waals surface area contributed by atoms with E-state index in [0.717, 1.165) is 15.9 Å². The molecule has 2 nitrogen and oxygen atoms in total. The Bertz CT molecular complexity index is 825. The van der Waals surface area contributed by atoms with E-state index in [4.69, 9.17) is 0 Å². The average Bonchev–Trinajstić information content (AvgIpc) is 2.70. The molecule has 0 spiro atoms. The monoisotopic (exact) mass is 426 g/mol. The zero-order valence-corrected chi connectivity index (χ0v) is 16.7. The number of carboxylic acids is 1. The first-order valence-electron chi connectivity index (χ1n) is 8.27. The molecule has 0 aliphatic heterocycles. The van der Waals surface area contributed by atoms with Crippen LogP contribution in [0.5, 0.6) is 0 Å². The van der Waals surface area contributed by atoms with E-state index in [1.807, 2.05) is 54.6 Å². The van der Waals surface area contributed by atoms with Gasteiger partial charge in [0.1, 0.15) is 0 Å². The number of benzene rings is 3. The van der Waals surface area contributed by atoms with Gasteiger partial charge in [0.25, 0.3) is 0 Å². The molecular formula is C22H20BrO2P. The van der Waals surface area contributed by atoms with Gasteiger partial charge < -0.3 is 0 Å². The van der Waals surface area contributed by atoms with Crippen LogP contribution in [-0.2, 0) is 4.79 Å². The van der Waals surface area contributed by atoms with E-state index >= 15 is 0 Å². The van der Waals surface area contributed by atoms with Crippen LogP contribution in [-0.4, -0.2) is 17.2 Å². The summed E-state index contributed by atoms with van der Waals surface area (Å²) in [4.78, 5) is 11.7. The molecule has 3 aromatic carbocycles. The molecular weight excluding hydrogens is 407 g/mol. The molecule has 0 aromatic heterocycles. The van der Waals surface area contributed by atoms with Gasteiger partial charge in [-0.15, -0.1) is 0 Å². The zero-order chi connectivity index (χ0) is 18.6. The predicted molar refractivity (Wildman–Crippen MR) is 116 cm³/mol. The summed E-state index contributed by atoms with van der Waals surface area (Å²) in [6.45, 7) is 3.86. The van der Waals surface area contributed by atoms with Gasteiger partial charge in [-0.2, -0.15) is 0 Å². The van der Waals surface area contributed by atoms with Gasteiger partial charge in [-0.25, -0.2) is 0 Å². The molecule has 4 heteroatoms. The fourth-order valence-corrected chi connectivity index (χ4v) is 11.1. The molecule has 26 heavy (non-hydrogen) atoms. The van der Waals surface area contributed by atoms with Crippen molar-refractivity contribution in [3.05, 3.63) is 103 Å². The first-order valence-corrected chi connectivity index (χ1v) is 12.7. The minimum absolute atomic E-state index is 0.191. The van der Waals surface area contributed by atoms with E-state index in [1.165, 1.54) is 0 Å². The normalized spacial score (nSPS) is 12.7. The SMILES string of the molecule is C=C(CP(Br)(c1ccccc1)(c1ccccc1)c1ccccc1)C(=O)O. The summed E-state index contributed by atoms with van der Waals surface area (Å²) < 4.78 is 0. The Morgan fingerprint density at radius 2 is 1.08 bits per heavy atom. The van der Waals surface area contributed by atoms with E-state index < -0.39 is 11.3 Å². The number of halogens is 1. The fraction of sp³-hybridized carbons (Fsp3) is 0.0455. The molecule has 3 aromatic rings. The Labute approximate surface area is 161 Å². The Morgan fingerprint density at radius 1 is 0.769 bits per heavy atom. The van der Waals surface area contributed by atoms with Crippen LogP contribution in [0.4, 0.5) is 0 Å². The number of carboxylic acid groups (broad SMARTS) is 1. The molecule has 0 unspecified atom stereocenters. The third-order valence-electron chi connectivity index (χ3n) is 4.67. The van der Waals surface area contributed by atoms with Crippen molar-refractivity contribution >= 4 is 42.7 Å². The standard InChI is InChI=1S/C22H20BrO2P/c1-18(22(24)25)17-26(23,19-11-5-2-6-12-19,20-13-7-3-8-14-20)21-15-9-4-10-16-21/h2-16H,1,17H2,(H,24,25). The molecule has 0 heterocycles. The van der Waals surface area contributed by atoms with Gasteiger partial charge in [0, 0.05) is 0 Å². The average molecular weight is 427 g/mol. The van der Waals surface area contributed by atoms with E-state index in [9.17, 15) is 9.90 Å². The summed E-state index contributed by atoms with van der Waals surface area (Å²) in [5, 5.41) is 9.62. The summed E-state index contributed by atoms with van der Waals surface area (Å²) in [5.41, 5.74) is 0.191. The van der Waals surface area contributed by atoms with Crippen LogP contribution >= 0.6 is 20.8 Å². The summed E-state index contributed by atoms with van der Waals surface area (Å²) in [6.07, 6.45) is 0.318. The van der Waals surface area contributed by atoms with Gasteiger partial charge in [0.05, 0.1) is 0 Å². The first-order chi connectivity index (χ1) is 12.5. The second kappa shape index (κ2) is 7.19. The molecule has 132 valence electrons. The van der Waals surface area contributed by atoms with E-state index in [0.29, 0.717) is 6.16 Å². The summed E-state index contributed by atoms with van der Waals surface area (Å²) in [6, 6.07) is 30.3. The molecule has 0 saturated carbocycles. The Kier molecular flexibility index (Phi) is 5.13. The van der Waals surface area contributed by atoms with Gasteiger partial charge in [0.15, 0.2) is 0 Å². The third kappa shape index (κ3) is 3.02. The van der Waals surface area contributed by atoms with Crippen LogP contribution < -0.4 is 15.9 Å². The molecule has 0 amide bonds. The fourth-order valence-electron chi connectivity index (χ4n) is 3.36. The number of rotatable bonds is 6. The minimum atomic E-state index is -3.23. The number of aliphatic carboxylic acids is 1. The zero-order valence-electron chi connectivity index (χ0n) is 14.3. The van der Waals surface area contributed by atoms with Gasteiger partial charge in [-0.3, -0.25) is 0 Å². The first kappa shape index (κ1) is 18.6. The molecule has 0 fully saturated rings. The third-order valence-corrected chi connectivity index (χ3v) is 14.2.